The van der Waals surface area contributed by atoms with E-state index in [1.165, 1.54) is 0 Å². The molecule has 2 atom stereocenters. The molecule has 0 radical (unpaired) electrons. The second kappa shape index (κ2) is 5.94. The van der Waals surface area contributed by atoms with E-state index >= 15 is 0 Å². The molecule has 2 N–H and O–H groups in total. The molecule has 1 saturated heterocycles. The first-order valence-corrected chi connectivity index (χ1v) is 8.76. The summed E-state index contributed by atoms with van der Waals surface area (Å²) in [6.45, 7) is 5.15. The Morgan fingerprint density at radius 3 is 2.52 bits per heavy atom. The molecule has 1 heterocycles. The van der Waals surface area contributed by atoms with Crippen LogP contribution in [0.2, 0.25) is 0 Å². The maximum Gasteiger partial charge on any atom is 0.243 e. The Labute approximate surface area is 127 Å². The van der Waals surface area contributed by atoms with E-state index < -0.39 is 10.0 Å². The molecule has 1 aromatic carbocycles. The van der Waals surface area contributed by atoms with Crippen molar-refractivity contribution in [2.24, 2.45) is 5.92 Å². The third kappa shape index (κ3) is 3.07. The van der Waals surface area contributed by atoms with Crippen LogP contribution >= 0.6 is 0 Å². The van der Waals surface area contributed by atoms with Crippen LogP contribution in [0.3, 0.4) is 0 Å². The van der Waals surface area contributed by atoms with Crippen LogP contribution in [0.15, 0.2) is 23.1 Å². The Kier molecular flexibility index (Phi) is 4.60. The zero-order valence-corrected chi connectivity index (χ0v) is 14.0. The molecule has 2 unspecified atom stereocenters. The SMILES string of the molecule is CCc1ccc(N)cc1S(=O)(=O)N1CC(C)C(N(C)C)C1. The van der Waals surface area contributed by atoms with Crippen molar-refractivity contribution in [2.75, 3.05) is 32.9 Å². The normalized spacial score (nSPS) is 23.9. The summed E-state index contributed by atoms with van der Waals surface area (Å²) in [5.41, 5.74) is 7.10. The van der Waals surface area contributed by atoms with Crippen LogP contribution in [0.1, 0.15) is 19.4 Å². The molecule has 0 bridgehead atoms. The van der Waals surface area contributed by atoms with E-state index in [9.17, 15) is 8.42 Å². The second-order valence-electron chi connectivity index (χ2n) is 6.05. The van der Waals surface area contributed by atoms with Gasteiger partial charge in [0.05, 0.1) is 4.90 Å². The van der Waals surface area contributed by atoms with Crippen LogP contribution in [0.5, 0.6) is 0 Å². The molecule has 1 fully saturated rings. The lowest BCUT2D eigenvalue weighted by atomic mass is 10.1. The van der Waals surface area contributed by atoms with Gasteiger partial charge in [-0.3, -0.25) is 0 Å². The summed E-state index contributed by atoms with van der Waals surface area (Å²) < 4.78 is 27.5. The van der Waals surface area contributed by atoms with E-state index in [1.807, 2.05) is 27.1 Å². The summed E-state index contributed by atoms with van der Waals surface area (Å²) in [4.78, 5) is 2.46. The fraction of sp³-hybridized carbons (Fsp3) is 0.600. The van der Waals surface area contributed by atoms with E-state index in [2.05, 4.69) is 11.8 Å². The first-order valence-electron chi connectivity index (χ1n) is 7.32. The predicted molar refractivity (Wildman–Crippen MR) is 85.6 cm³/mol. The van der Waals surface area contributed by atoms with E-state index in [4.69, 9.17) is 5.73 Å². The lowest BCUT2D eigenvalue weighted by Gasteiger charge is -2.22. The molecular weight excluding hydrogens is 286 g/mol. The Hall–Kier alpha value is -1.11. The van der Waals surface area contributed by atoms with Gasteiger partial charge >= 0.3 is 0 Å². The van der Waals surface area contributed by atoms with Gasteiger partial charge in [0.1, 0.15) is 0 Å². The molecule has 21 heavy (non-hydrogen) atoms. The fourth-order valence-electron chi connectivity index (χ4n) is 3.02. The van der Waals surface area contributed by atoms with E-state index in [1.54, 1.807) is 16.4 Å². The third-order valence-electron chi connectivity index (χ3n) is 4.29. The van der Waals surface area contributed by atoms with Gasteiger partial charge in [0.25, 0.3) is 0 Å². The molecule has 0 spiro atoms. The van der Waals surface area contributed by atoms with Gasteiger partial charge in [-0.25, -0.2) is 8.42 Å². The molecular formula is C15H25N3O2S. The van der Waals surface area contributed by atoms with E-state index in [0.717, 1.165) is 5.56 Å². The Morgan fingerprint density at radius 1 is 1.33 bits per heavy atom. The Bertz CT molecular complexity index is 613. The first-order chi connectivity index (χ1) is 9.77. The van der Waals surface area contributed by atoms with Crippen LogP contribution in [-0.4, -0.2) is 50.8 Å². The number of nitrogens with two attached hydrogens (primary N) is 1. The van der Waals surface area contributed by atoms with Gasteiger partial charge in [-0.1, -0.05) is 19.9 Å². The monoisotopic (exact) mass is 311 g/mol. The standard InChI is InChI=1S/C15H25N3O2S/c1-5-12-6-7-13(16)8-15(12)21(19,20)18-9-11(2)14(10-18)17(3)4/h6-8,11,14H,5,9-10,16H2,1-4H3. The first kappa shape index (κ1) is 16.3. The topological polar surface area (TPSA) is 66.6 Å². The minimum absolute atomic E-state index is 0.255. The van der Waals surface area contributed by atoms with Crippen molar-refractivity contribution in [3.05, 3.63) is 23.8 Å². The van der Waals surface area contributed by atoms with Gasteiger partial charge in [0.15, 0.2) is 0 Å². The van der Waals surface area contributed by atoms with Gasteiger partial charge < -0.3 is 10.6 Å². The minimum atomic E-state index is -3.48. The van der Waals surface area contributed by atoms with E-state index in [0.29, 0.717) is 36.0 Å². The van der Waals surface area contributed by atoms with Crippen molar-refractivity contribution >= 4 is 15.7 Å². The van der Waals surface area contributed by atoms with Crippen LogP contribution in [0.25, 0.3) is 0 Å². The molecule has 0 aliphatic carbocycles. The molecule has 6 heteroatoms. The average Bonchev–Trinajstić information content (AvgIpc) is 2.81. The Balaban J connectivity index is 2.38. The number of likely N-dealkylation sites (N-methyl/N-ethyl adjacent to an activating group) is 1. The number of benzene rings is 1. The largest absolute Gasteiger partial charge is 0.399 e. The van der Waals surface area contributed by atoms with Gasteiger partial charge in [0, 0.05) is 24.8 Å². The molecule has 2 rings (SSSR count). The molecule has 1 aromatic rings. The molecule has 0 aromatic heterocycles. The van der Waals surface area contributed by atoms with Crippen molar-refractivity contribution in [3.8, 4) is 0 Å². The smallest absolute Gasteiger partial charge is 0.243 e. The summed E-state index contributed by atoms with van der Waals surface area (Å²) in [6.07, 6.45) is 0.676. The summed E-state index contributed by atoms with van der Waals surface area (Å²) in [5, 5.41) is 0. The fourth-order valence-corrected chi connectivity index (χ4v) is 4.90. The number of nitrogens with zero attached hydrogens (tertiary/aromatic N) is 2. The third-order valence-corrected chi connectivity index (χ3v) is 6.21. The van der Waals surface area contributed by atoms with Gasteiger partial charge in [0.2, 0.25) is 10.0 Å². The number of sulfonamides is 1. The maximum atomic E-state index is 12.9. The molecule has 0 saturated carbocycles. The summed E-state index contributed by atoms with van der Waals surface area (Å²) >= 11 is 0. The second-order valence-corrected chi connectivity index (χ2v) is 7.96. The number of hydrogen-bond acceptors (Lipinski definition) is 4. The molecule has 118 valence electrons. The number of hydrogen-bond donors (Lipinski definition) is 1. The minimum Gasteiger partial charge on any atom is -0.399 e. The van der Waals surface area contributed by atoms with Crippen LogP contribution in [-0.2, 0) is 16.4 Å². The maximum absolute atomic E-state index is 12.9. The zero-order chi connectivity index (χ0) is 15.8. The van der Waals surface area contributed by atoms with Crippen molar-refractivity contribution in [3.63, 3.8) is 0 Å². The summed E-state index contributed by atoms with van der Waals surface area (Å²) in [5.74, 6) is 0.320. The van der Waals surface area contributed by atoms with Gasteiger partial charge in [-0.2, -0.15) is 4.31 Å². The van der Waals surface area contributed by atoms with Gasteiger partial charge in [-0.15, -0.1) is 0 Å². The zero-order valence-electron chi connectivity index (χ0n) is 13.2. The van der Waals surface area contributed by atoms with Crippen LogP contribution < -0.4 is 5.73 Å². The number of aryl methyl sites for hydroxylation is 1. The van der Waals surface area contributed by atoms with Crippen molar-refractivity contribution in [2.45, 2.75) is 31.2 Å². The highest BCUT2D eigenvalue weighted by atomic mass is 32.2. The van der Waals surface area contributed by atoms with Crippen LogP contribution in [0, 0.1) is 5.92 Å². The van der Waals surface area contributed by atoms with Crippen molar-refractivity contribution in [1.82, 2.24) is 9.21 Å². The highest BCUT2D eigenvalue weighted by molar-refractivity contribution is 7.89. The van der Waals surface area contributed by atoms with Crippen LogP contribution in [0.4, 0.5) is 5.69 Å². The summed E-state index contributed by atoms with van der Waals surface area (Å²) in [7, 11) is 0.514. The van der Waals surface area contributed by atoms with Gasteiger partial charge in [-0.05, 0) is 44.1 Å². The van der Waals surface area contributed by atoms with Crippen molar-refractivity contribution < 1.29 is 8.42 Å². The number of anilines is 1. The highest BCUT2D eigenvalue weighted by Gasteiger charge is 2.38. The number of nitrogen functional groups attached to an aromatic ring is 1. The molecule has 0 amide bonds. The van der Waals surface area contributed by atoms with E-state index in [-0.39, 0.29) is 6.04 Å². The molecule has 1 aliphatic rings. The van der Waals surface area contributed by atoms with Crippen molar-refractivity contribution in [1.29, 1.82) is 0 Å². The Morgan fingerprint density at radius 2 is 2.00 bits per heavy atom. The summed E-state index contributed by atoms with van der Waals surface area (Å²) in [6, 6.07) is 5.41. The quantitative estimate of drug-likeness (QED) is 0.854. The lowest BCUT2D eigenvalue weighted by molar-refractivity contribution is 0.263. The molecule has 5 nitrogen and oxygen atoms in total. The highest BCUT2D eigenvalue weighted by Crippen LogP contribution is 2.29. The lowest BCUT2D eigenvalue weighted by Crippen LogP contribution is -2.36. The predicted octanol–water partition coefficient (Wildman–Crippen LogP) is 1.40. The number of rotatable bonds is 4. The molecule has 1 aliphatic heterocycles. The average molecular weight is 311 g/mol.